The van der Waals surface area contributed by atoms with Crippen LogP contribution < -0.4 is 10.1 Å². The number of carbonyl (C=O) groups excluding carboxylic acids is 5. The average Bonchev–Trinajstić information content (AvgIpc) is 3.51. The van der Waals surface area contributed by atoms with Crippen molar-refractivity contribution in [3.8, 4) is 5.75 Å². The van der Waals surface area contributed by atoms with Crippen LogP contribution in [-0.2, 0) is 25.6 Å². The van der Waals surface area contributed by atoms with Crippen LogP contribution in [0.15, 0.2) is 54.6 Å². The van der Waals surface area contributed by atoms with Crippen LogP contribution in [0.3, 0.4) is 0 Å². The number of rotatable bonds is 13. The molecule has 1 heterocycles. The molecule has 1 saturated heterocycles. The van der Waals surface area contributed by atoms with Crippen LogP contribution in [0.5, 0.6) is 5.75 Å². The number of nitrogens with zero attached hydrogens (tertiary/aromatic N) is 4. The lowest BCUT2D eigenvalue weighted by Crippen LogP contribution is -2.57. The highest BCUT2D eigenvalue weighted by Crippen LogP contribution is 2.24. The van der Waals surface area contributed by atoms with E-state index < -0.39 is 24.0 Å². The zero-order valence-corrected chi connectivity index (χ0v) is 27.5. The number of likely N-dealkylation sites (tertiary alicyclic amines) is 1. The molecule has 1 N–H and O–H groups in total. The van der Waals surface area contributed by atoms with Crippen LogP contribution in [0.4, 0.5) is 0 Å². The van der Waals surface area contributed by atoms with Crippen molar-refractivity contribution in [1.29, 1.82) is 0 Å². The van der Waals surface area contributed by atoms with E-state index in [0.717, 1.165) is 5.56 Å². The van der Waals surface area contributed by atoms with Crippen molar-refractivity contribution in [2.45, 2.75) is 57.7 Å². The smallest absolute Gasteiger partial charge is 0.259 e. The molecule has 0 bridgehead atoms. The Kier molecular flexibility index (Phi) is 12.5. The van der Waals surface area contributed by atoms with Crippen LogP contribution in [0.25, 0.3) is 0 Å². The summed E-state index contributed by atoms with van der Waals surface area (Å²) in [6.07, 6.45) is 1.78. The minimum absolute atomic E-state index is 0.0656. The molecule has 1 aliphatic heterocycles. The lowest BCUT2D eigenvalue weighted by molar-refractivity contribution is -0.149. The Morgan fingerprint density at radius 2 is 1.56 bits per heavy atom. The Morgan fingerprint density at radius 3 is 2.18 bits per heavy atom. The van der Waals surface area contributed by atoms with Gasteiger partial charge in [-0.25, -0.2) is 0 Å². The van der Waals surface area contributed by atoms with Gasteiger partial charge in [0.2, 0.25) is 17.7 Å². The quantitative estimate of drug-likeness (QED) is 0.367. The number of para-hydroxylation sites is 1. The number of hydrogen-bond donors (Lipinski definition) is 1. The van der Waals surface area contributed by atoms with Crippen molar-refractivity contribution in [2.24, 2.45) is 5.92 Å². The standard InChI is InChI=1S/C34H47N5O6/c1-23(2)20-26(35-31(41)25-16-11-12-18-29(25)45-22-30(40)36(3)4)32(42)39-19-13-17-27(39)34(44)38(7)28(33(43)37(5)6)21-24-14-9-8-10-15-24/h8-12,14-16,18,23,26-28H,13,17,19-22H2,1-7H3,(H,35,41)/t26-,27-,28+/m1/s1. The SMILES string of the molecule is CC(C)C[C@@H](NC(=O)c1ccccc1OCC(=O)N(C)C)C(=O)N1CCC[C@@H]1C(=O)N(C)[C@@H](Cc1ccccc1)C(=O)N(C)C. The van der Waals surface area contributed by atoms with Gasteiger partial charge in [0, 0.05) is 48.2 Å². The Labute approximate surface area is 266 Å². The molecule has 0 spiro atoms. The molecule has 1 fully saturated rings. The second kappa shape index (κ2) is 16.1. The third-order valence-electron chi connectivity index (χ3n) is 7.93. The first-order valence-corrected chi connectivity index (χ1v) is 15.4. The van der Waals surface area contributed by atoms with Gasteiger partial charge in [0.25, 0.3) is 11.8 Å². The van der Waals surface area contributed by atoms with E-state index in [1.807, 2.05) is 44.2 Å². The average molecular weight is 622 g/mol. The van der Waals surface area contributed by atoms with E-state index in [1.54, 1.807) is 64.4 Å². The van der Waals surface area contributed by atoms with E-state index in [9.17, 15) is 24.0 Å². The van der Waals surface area contributed by atoms with Gasteiger partial charge in [0.15, 0.2) is 6.61 Å². The maximum absolute atomic E-state index is 14.0. The van der Waals surface area contributed by atoms with Gasteiger partial charge >= 0.3 is 0 Å². The normalized spacial score (nSPS) is 15.6. The van der Waals surface area contributed by atoms with Gasteiger partial charge < -0.3 is 29.7 Å². The number of carbonyl (C=O) groups is 5. The predicted molar refractivity (Wildman–Crippen MR) is 171 cm³/mol. The summed E-state index contributed by atoms with van der Waals surface area (Å²) in [4.78, 5) is 72.7. The summed E-state index contributed by atoms with van der Waals surface area (Å²) in [5, 5.41) is 2.88. The monoisotopic (exact) mass is 621 g/mol. The summed E-state index contributed by atoms with van der Waals surface area (Å²) < 4.78 is 5.65. The zero-order chi connectivity index (χ0) is 33.3. The zero-order valence-electron chi connectivity index (χ0n) is 27.5. The minimum atomic E-state index is -0.892. The molecule has 244 valence electrons. The van der Waals surface area contributed by atoms with E-state index in [-0.39, 0.29) is 47.5 Å². The molecular formula is C34H47N5O6. The molecular weight excluding hydrogens is 574 g/mol. The van der Waals surface area contributed by atoms with Gasteiger partial charge in [-0.3, -0.25) is 24.0 Å². The van der Waals surface area contributed by atoms with Gasteiger partial charge in [0.1, 0.15) is 23.9 Å². The fraction of sp³-hybridized carbons (Fsp3) is 0.500. The van der Waals surface area contributed by atoms with Gasteiger partial charge in [-0.15, -0.1) is 0 Å². The van der Waals surface area contributed by atoms with Crippen LogP contribution in [0.1, 0.15) is 49.0 Å². The van der Waals surface area contributed by atoms with Gasteiger partial charge in [0.05, 0.1) is 5.56 Å². The number of likely N-dealkylation sites (N-methyl/N-ethyl adjacent to an activating group) is 3. The van der Waals surface area contributed by atoms with Crippen molar-refractivity contribution in [1.82, 2.24) is 24.9 Å². The highest BCUT2D eigenvalue weighted by molar-refractivity contribution is 6.00. The van der Waals surface area contributed by atoms with Crippen LogP contribution >= 0.6 is 0 Å². The van der Waals surface area contributed by atoms with Crippen LogP contribution in [0, 0.1) is 5.92 Å². The topological polar surface area (TPSA) is 120 Å². The summed E-state index contributed by atoms with van der Waals surface area (Å²) in [5.41, 5.74) is 1.12. The predicted octanol–water partition coefficient (Wildman–Crippen LogP) is 2.45. The molecule has 5 amide bonds. The number of nitrogens with one attached hydrogen (secondary N) is 1. The second-order valence-corrected chi connectivity index (χ2v) is 12.3. The number of benzene rings is 2. The molecule has 45 heavy (non-hydrogen) atoms. The van der Waals surface area contributed by atoms with Crippen LogP contribution in [-0.4, -0.2) is 116 Å². The summed E-state index contributed by atoms with van der Waals surface area (Å²) in [5.74, 6) is -1.34. The molecule has 0 unspecified atom stereocenters. The molecule has 0 saturated carbocycles. The van der Waals surface area contributed by atoms with E-state index in [4.69, 9.17) is 4.74 Å². The summed E-state index contributed by atoms with van der Waals surface area (Å²) in [6, 6.07) is 13.7. The largest absolute Gasteiger partial charge is 0.483 e. The van der Waals surface area contributed by atoms with Gasteiger partial charge in [-0.1, -0.05) is 56.3 Å². The molecule has 11 nitrogen and oxygen atoms in total. The fourth-order valence-corrected chi connectivity index (χ4v) is 5.38. The first kappa shape index (κ1) is 35.1. The second-order valence-electron chi connectivity index (χ2n) is 12.3. The first-order valence-electron chi connectivity index (χ1n) is 15.4. The number of amides is 5. The lowest BCUT2D eigenvalue weighted by atomic mass is 10.0. The Morgan fingerprint density at radius 1 is 0.911 bits per heavy atom. The minimum Gasteiger partial charge on any atom is -0.483 e. The molecule has 11 heteroatoms. The van der Waals surface area contributed by atoms with E-state index in [2.05, 4.69) is 5.32 Å². The van der Waals surface area contributed by atoms with E-state index in [0.29, 0.717) is 32.2 Å². The Hall–Kier alpha value is -4.41. The van der Waals surface area contributed by atoms with Crippen molar-refractivity contribution in [3.05, 3.63) is 65.7 Å². The van der Waals surface area contributed by atoms with E-state index >= 15 is 0 Å². The summed E-state index contributed by atoms with van der Waals surface area (Å²) in [6.45, 7) is 4.04. The molecule has 0 radical (unpaired) electrons. The van der Waals surface area contributed by atoms with Crippen LogP contribution in [0.2, 0.25) is 0 Å². The van der Waals surface area contributed by atoms with Gasteiger partial charge in [-0.05, 0) is 42.9 Å². The van der Waals surface area contributed by atoms with E-state index in [1.165, 1.54) is 14.7 Å². The van der Waals surface area contributed by atoms with Crippen molar-refractivity contribution in [3.63, 3.8) is 0 Å². The molecule has 3 atom stereocenters. The maximum atomic E-state index is 14.0. The number of hydrogen-bond acceptors (Lipinski definition) is 6. The summed E-state index contributed by atoms with van der Waals surface area (Å²) >= 11 is 0. The third kappa shape index (κ3) is 9.29. The first-order chi connectivity index (χ1) is 21.3. The molecule has 3 rings (SSSR count). The Balaban J connectivity index is 1.81. The molecule has 0 aliphatic carbocycles. The highest BCUT2D eigenvalue weighted by Gasteiger charge is 2.41. The third-order valence-corrected chi connectivity index (χ3v) is 7.93. The molecule has 1 aliphatic rings. The summed E-state index contributed by atoms with van der Waals surface area (Å²) in [7, 11) is 8.16. The van der Waals surface area contributed by atoms with Crippen molar-refractivity contribution < 1.29 is 28.7 Å². The maximum Gasteiger partial charge on any atom is 0.259 e. The van der Waals surface area contributed by atoms with Crippen molar-refractivity contribution in [2.75, 3.05) is 48.4 Å². The molecule has 0 aromatic heterocycles. The highest BCUT2D eigenvalue weighted by atomic mass is 16.5. The van der Waals surface area contributed by atoms with Crippen molar-refractivity contribution >= 4 is 29.5 Å². The van der Waals surface area contributed by atoms with Gasteiger partial charge in [-0.2, -0.15) is 0 Å². The lowest BCUT2D eigenvalue weighted by Gasteiger charge is -2.35. The Bertz CT molecular complexity index is 1350. The number of ether oxygens (including phenoxy) is 1. The fourth-order valence-electron chi connectivity index (χ4n) is 5.38. The molecule has 2 aromatic rings. The molecule has 2 aromatic carbocycles.